The van der Waals surface area contributed by atoms with Gasteiger partial charge in [-0.25, -0.2) is 0 Å². The lowest BCUT2D eigenvalue weighted by atomic mass is 9.90. The number of carbonyl (C=O) groups excluding carboxylic acids is 1. The first kappa shape index (κ1) is 22.9. The van der Waals surface area contributed by atoms with Gasteiger partial charge in [0.25, 0.3) is 0 Å². The van der Waals surface area contributed by atoms with E-state index in [1.54, 1.807) is 0 Å². The van der Waals surface area contributed by atoms with E-state index in [2.05, 4.69) is 67.6 Å². The summed E-state index contributed by atoms with van der Waals surface area (Å²) in [6, 6.07) is 8.59. The maximum absolute atomic E-state index is 13.0. The summed E-state index contributed by atoms with van der Waals surface area (Å²) in [5, 5.41) is 8.13. The summed E-state index contributed by atoms with van der Waals surface area (Å²) in [7, 11) is 0. The minimum absolute atomic E-state index is 0.142. The van der Waals surface area contributed by atoms with Gasteiger partial charge in [-0.1, -0.05) is 84.4 Å². The van der Waals surface area contributed by atoms with Crippen LogP contribution in [-0.4, -0.2) is 23.5 Å². The Morgan fingerprint density at radius 3 is 2.60 bits per heavy atom. The van der Waals surface area contributed by atoms with Crippen molar-refractivity contribution in [3.63, 3.8) is 0 Å². The van der Waals surface area contributed by atoms with Gasteiger partial charge in [0.05, 0.1) is 6.04 Å². The maximum Gasteiger partial charge on any atom is 0.237 e. The van der Waals surface area contributed by atoms with Crippen molar-refractivity contribution in [2.45, 2.75) is 97.6 Å². The van der Waals surface area contributed by atoms with E-state index >= 15 is 0 Å². The molecule has 4 nitrogen and oxygen atoms in total. The van der Waals surface area contributed by atoms with Crippen molar-refractivity contribution in [1.82, 2.24) is 15.6 Å². The highest BCUT2D eigenvalue weighted by Gasteiger charge is 2.32. The number of nitrogens with one attached hydrogen (secondary N) is 3. The summed E-state index contributed by atoms with van der Waals surface area (Å²) in [4.78, 5) is 16.6. The van der Waals surface area contributed by atoms with Crippen molar-refractivity contribution in [3.8, 4) is 0 Å². The molecule has 1 aromatic carbocycles. The second-order valence-corrected chi connectivity index (χ2v) is 10.2. The van der Waals surface area contributed by atoms with E-state index in [-0.39, 0.29) is 23.4 Å². The van der Waals surface area contributed by atoms with E-state index < -0.39 is 0 Å². The number of amides is 1. The minimum Gasteiger partial charge on any atom is -0.357 e. The summed E-state index contributed by atoms with van der Waals surface area (Å²) in [6.45, 7) is 9.64. The van der Waals surface area contributed by atoms with Crippen LogP contribution in [0.25, 0.3) is 10.9 Å². The molecule has 2 aromatic rings. The maximum atomic E-state index is 13.0. The molecule has 4 heteroatoms. The largest absolute Gasteiger partial charge is 0.357 e. The quantitative estimate of drug-likeness (QED) is 0.418. The van der Waals surface area contributed by atoms with E-state index in [1.807, 2.05) is 0 Å². The first-order valence-corrected chi connectivity index (χ1v) is 12.0. The van der Waals surface area contributed by atoms with Gasteiger partial charge in [-0.05, 0) is 36.3 Å². The van der Waals surface area contributed by atoms with E-state index in [4.69, 9.17) is 0 Å². The molecular formula is C26H41N3O. The van der Waals surface area contributed by atoms with E-state index in [0.717, 1.165) is 25.8 Å². The van der Waals surface area contributed by atoms with Gasteiger partial charge >= 0.3 is 0 Å². The zero-order valence-electron chi connectivity index (χ0n) is 19.4. The van der Waals surface area contributed by atoms with Gasteiger partial charge < -0.3 is 10.3 Å². The fourth-order valence-electron chi connectivity index (χ4n) is 4.54. The number of aromatic amines is 1. The molecule has 1 amide bonds. The van der Waals surface area contributed by atoms with Crippen LogP contribution < -0.4 is 10.6 Å². The lowest BCUT2D eigenvalue weighted by Gasteiger charge is -2.31. The molecule has 166 valence electrons. The van der Waals surface area contributed by atoms with Crippen molar-refractivity contribution in [1.29, 1.82) is 0 Å². The number of aromatic nitrogens is 1. The van der Waals surface area contributed by atoms with Gasteiger partial charge in [-0.2, -0.15) is 0 Å². The smallest absolute Gasteiger partial charge is 0.237 e. The highest BCUT2D eigenvalue weighted by atomic mass is 16.2. The van der Waals surface area contributed by atoms with E-state index in [1.165, 1.54) is 60.7 Å². The summed E-state index contributed by atoms with van der Waals surface area (Å²) in [5.41, 5.74) is 4.04. The summed E-state index contributed by atoms with van der Waals surface area (Å²) < 4.78 is 0. The van der Waals surface area contributed by atoms with Crippen molar-refractivity contribution in [2.24, 2.45) is 5.41 Å². The second-order valence-electron chi connectivity index (χ2n) is 10.2. The molecule has 0 saturated carbocycles. The Kier molecular flexibility index (Phi) is 7.99. The zero-order valence-corrected chi connectivity index (χ0v) is 19.4. The third-order valence-electron chi connectivity index (χ3n) is 6.34. The standard InChI is InChI=1S/C26H41N3O/c1-5-6-7-8-9-10-15-22-24-20(19-13-11-12-14-21(19)29-24)18-23(28-22)25(30)27-17-16-26(2,3)4/h11-14,22-23,28-29H,5-10,15-18H2,1-4H3,(H,27,30)/t22-,23+/m0/s1. The van der Waals surface area contributed by atoms with E-state index in [9.17, 15) is 4.79 Å². The van der Waals surface area contributed by atoms with Crippen molar-refractivity contribution in [2.75, 3.05) is 6.54 Å². The lowest BCUT2D eigenvalue weighted by molar-refractivity contribution is -0.123. The number of rotatable bonds is 10. The molecule has 0 saturated heterocycles. The average molecular weight is 412 g/mol. The van der Waals surface area contributed by atoms with Gasteiger partial charge in [0.1, 0.15) is 0 Å². The lowest BCUT2D eigenvalue weighted by Crippen LogP contribution is -2.50. The molecule has 2 atom stereocenters. The number of hydrogen-bond acceptors (Lipinski definition) is 2. The Balaban J connectivity index is 1.68. The number of para-hydroxylation sites is 1. The van der Waals surface area contributed by atoms with Gasteiger partial charge in [0.15, 0.2) is 0 Å². The molecule has 1 aromatic heterocycles. The molecular weight excluding hydrogens is 370 g/mol. The van der Waals surface area contributed by atoms with Crippen LogP contribution in [0, 0.1) is 5.41 Å². The average Bonchev–Trinajstić information content (AvgIpc) is 3.08. The minimum atomic E-state index is -0.151. The zero-order chi connectivity index (χ0) is 21.6. The van der Waals surface area contributed by atoms with Gasteiger partial charge in [-0.3, -0.25) is 10.1 Å². The van der Waals surface area contributed by atoms with Crippen LogP contribution in [0.15, 0.2) is 24.3 Å². The van der Waals surface area contributed by atoms with Crippen LogP contribution in [0.4, 0.5) is 0 Å². The SMILES string of the molecule is CCCCCCCC[C@@H]1N[C@@H](C(=O)NCCC(C)(C)C)Cc2c1[nH]c1ccccc21. The molecule has 1 aliphatic heterocycles. The molecule has 2 heterocycles. The van der Waals surface area contributed by atoms with Crippen LogP contribution in [-0.2, 0) is 11.2 Å². The predicted molar refractivity (Wildman–Crippen MR) is 127 cm³/mol. The molecule has 0 fully saturated rings. The van der Waals surface area contributed by atoms with Crippen LogP contribution in [0.3, 0.4) is 0 Å². The van der Waals surface area contributed by atoms with Crippen LogP contribution in [0.1, 0.15) is 96.4 Å². The van der Waals surface area contributed by atoms with Crippen molar-refractivity contribution in [3.05, 3.63) is 35.5 Å². The van der Waals surface area contributed by atoms with Crippen molar-refractivity contribution >= 4 is 16.8 Å². The Hall–Kier alpha value is -1.81. The Morgan fingerprint density at radius 2 is 1.83 bits per heavy atom. The first-order chi connectivity index (χ1) is 14.4. The highest BCUT2D eigenvalue weighted by molar-refractivity contribution is 5.88. The van der Waals surface area contributed by atoms with Crippen LogP contribution >= 0.6 is 0 Å². The monoisotopic (exact) mass is 411 g/mol. The number of H-pyrrole nitrogens is 1. The van der Waals surface area contributed by atoms with Gasteiger partial charge in [-0.15, -0.1) is 0 Å². The van der Waals surface area contributed by atoms with Crippen molar-refractivity contribution < 1.29 is 4.79 Å². The molecule has 0 spiro atoms. The molecule has 30 heavy (non-hydrogen) atoms. The molecule has 0 aliphatic carbocycles. The topological polar surface area (TPSA) is 56.9 Å². The molecule has 0 bridgehead atoms. The molecule has 1 aliphatic rings. The summed E-state index contributed by atoms with van der Waals surface area (Å²) in [6.07, 6.45) is 10.6. The van der Waals surface area contributed by atoms with E-state index in [0.29, 0.717) is 0 Å². The number of carbonyl (C=O) groups is 1. The van der Waals surface area contributed by atoms with Crippen LogP contribution in [0.5, 0.6) is 0 Å². The second kappa shape index (κ2) is 10.5. The molecule has 3 rings (SSSR count). The predicted octanol–water partition coefficient (Wildman–Crippen LogP) is 6.03. The third-order valence-corrected chi connectivity index (χ3v) is 6.34. The Morgan fingerprint density at radius 1 is 1.10 bits per heavy atom. The highest BCUT2D eigenvalue weighted by Crippen LogP contribution is 2.34. The normalized spacial score (nSPS) is 19.1. The fourth-order valence-corrected chi connectivity index (χ4v) is 4.54. The number of unbranched alkanes of at least 4 members (excludes halogenated alkanes) is 5. The Bertz CT molecular complexity index is 817. The van der Waals surface area contributed by atoms with Gasteiger partial charge in [0, 0.05) is 29.2 Å². The summed E-state index contributed by atoms with van der Waals surface area (Å²) >= 11 is 0. The molecule has 3 N–H and O–H groups in total. The van der Waals surface area contributed by atoms with Crippen LogP contribution in [0.2, 0.25) is 0 Å². The number of benzene rings is 1. The summed E-state index contributed by atoms with van der Waals surface area (Å²) in [5.74, 6) is 0.142. The van der Waals surface area contributed by atoms with Gasteiger partial charge in [0.2, 0.25) is 5.91 Å². The fraction of sp³-hybridized carbons (Fsp3) is 0.654. The molecule has 0 radical (unpaired) electrons. The first-order valence-electron chi connectivity index (χ1n) is 12.0. The number of hydrogen-bond donors (Lipinski definition) is 3. The molecule has 0 unspecified atom stereocenters. The Labute approximate surface area is 182 Å². The number of fused-ring (bicyclic) bond motifs is 3. The third kappa shape index (κ3) is 6.10.